The van der Waals surface area contributed by atoms with Gasteiger partial charge in [0.05, 0.1) is 5.02 Å². The Bertz CT molecular complexity index is 495. The van der Waals surface area contributed by atoms with Crippen molar-refractivity contribution in [3.63, 3.8) is 0 Å². The van der Waals surface area contributed by atoms with E-state index in [4.69, 9.17) is 21.8 Å². The molecule has 0 radical (unpaired) electrons. The van der Waals surface area contributed by atoms with Crippen LogP contribution in [0.25, 0.3) is 11.1 Å². The first-order valence-corrected chi connectivity index (χ1v) is 4.94. The average Bonchev–Trinajstić information content (AvgIpc) is 2.45. The molecule has 0 bridgehead atoms. The lowest BCUT2D eigenvalue weighted by molar-refractivity contribution is 0.506. The quantitative estimate of drug-likeness (QED) is 0.859. The SMILES string of the molecule is CC(N)Cc1nc2cc(F)cc(Cl)c2o1. The highest BCUT2D eigenvalue weighted by Gasteiger charge is 2.11. The minimum Gasteiger partial charge on any atom is -0.439 e. The van der Waals surface area contributed by atoms with Crippen LogP contribution < -0.4 is 5.73 Å². The Morgan fingerprint density at radius 1 is 1.60 bits per heavy atom. The number of fused-ring (bicyclic) bond motifs is 1. The second kappa shape index (κ2) is 3.79. The molecule has 1 aromatic heterocycles. The Labute approximate surface area is 91.0 Å². The molecule has 0 fully saturated rings. The van der Waals surface area contributed by atoms with E-state index < -0.39 is 5.82 Å². The molecule has 3 nitrogen and oxygen atoms in total. The van der Waals surface area contributed by atoms with E-state index in [0.29, 0.717) is 23.4 Å². The highest BCUT2D eigenvalue weighted by molar-refractivity contribution is 6.34. The van der Waals surface area contributed by atoms with Gasteiger partial charge >= 0.3 is 0 Å². The van der Waals surface area contributed by atoms with E-state index in [9.17, 15) is 4.39 Å². The second-order valence-corrected chi connectivity index (χ2v) is 3.93. The van der Waals surface area contributed by atoms with Crippen molar-refractivity contribution in [3.8, 4) is 0 Å². The maximum absolute atomic E-state index is 13.0. The van der Waals surface area contributed by atoms with Crippen LogP contribution in [0, 0.1) is 5.82 Å². The van der Waals surface area contributed by atoms with Crippen molar-refractivity contribution in [1.82, 2.24) is 4.98 Å². The lowest BCUT2D eigenvalue weighted by Gasteiger charge is -1.97. The van der Waals surface area contributed by atoms with Gasteiger partial charge in [-0.05, 0) is 13.0 Å². The van der Waals surface area contributed by atoms with Crippen LogP contribution in [0.2, 0.25) is 5.02 Å². The number of rotatable bonds is 2. The fourth-order valence-electron chi connectivity index (χ4n) is 1.37. The second-order valence-electron chi connectivity index (χ2n) is 3.52. The number of benzene rings is 1. The van der Waals surface area contributed by atoms with Crippen molar-refractivity contribution in [2.45, 2.75) is 19.4 Å². The number of nitrogens with zero attached hydrogens (tertiary/aromatic N) is 1. The smallest absolute Gasteiger partial charge is 0.197 e. The van der Waals surface area contributed by atoms with Crippen molar-refractivity contribution < 1.29 is 8.81 Å². The van der Waals surface area contributed by atoms with Crippen molar-refractivity contribution in [2.75, 3.05) is 0 Å². The molecule has 1 aromatic carbocycles. The summed E-state index contributed by atoms with van der Waals surface area (Å²) in [6, 6.07) is 2.43. The summed E-state index contributed by atoms with van der Waals surface area (Å²) in [5, 5.41) is 0.230. The maximum Gasteiger partial charge on any atom is 0.197 e. The summed E-state index contributed by atoms with van der Waals surface area (Å²) in [7, 11) is 0. The minimum atomic E-state index is -0.423. The third-order valence-corrected chi connectivity index (χ3v) is 2.23. The van der Waals surface area contributed by atoms with Gasteiger partial charge in [0, 0.05) is 18.5 Å². The fraction of sp³-hybridized carbons (Fsp3) is 0.300. The van der Waals surface area contributed by atoms with Gasteiger partial charge in [-0.1, -0.05) is 11.6 Å². The zero-order valence-corrected chi connectivity index (χ0v) is 8.88. The summed E-state index contributed by atoms with van der Waals surface area (Å²) in [4.78, 5) is 4.10. The molecule has 1 heterocycles. The number of halogens is 2. The number of oxazole rings is 1. The van der Waals surface area contributed by atoms with E-state index >= 15 is 0 Å². The third kappa shape index (κ3) is 2.11. The molecule has 1 atom stereocenters. The van der Waals surface area contributed by atoms with Crippen LogP contribution in [-0.4, -0.2) is 11.0 Å². The van der Waals surface area contributed by atoms with Crippen LogP contribution in [0.1, 0.15) is 12.8 Å². The molecule has 0 saturated heterocycles. The van der Waals surface area contributed by atoms with E-state index in [1.54, 1.807) is 0 Å². The van der Waals surface area contributed by atoms with Crippen LogP contribution >= 0.6 is 11.6 Å². The van der Waals surface area contributed by atoms with Gasteiger partial charge in [0.1, 0.15) is 11.3 Å². The predicted molar refractivity (Wildman–Crippen MR) is 56.3 cm³/mol. The van der Waals surface area contributed by atoms with Crippen molar-refractivity contribution in [2.24, 2.45) is 5.73 Å². The molecule has 0 spiro atoms. The standard InChI is InChI=1S/C10H10ClFN2O/c1-5(13)2-9-14-8-4-6(12)3-7(11)10(8)15-9/h3-5H,2,13H2,1H3. The average molecular weight is 229 g/mol. The van der Waals surface area contributed by atoms with Crippen molar-refractivity contribution >= 4 is 22.7 Å². The zero-order valence-electron chi connectivity index (χ0n) is 8.13. The van der Waals surface area contributed by atoms with Gasteiger partial charge in [0.15, 0.2) is 11.5 Å². The monoisotopic (exact) mass is 228 g/mol. The van der Waals surface area contributed by atoms with Crippen molar-refractivity contribution in [1.29, 1.82) is 0 Å². The summed E-state index contributed by atoms with van der Waals surface area (Å²) in [5.74, 6) is 0.0562. The Kier molecular flexibility index (Phi) is 2.63. The Morgan fingerprint density at radius 2 is 2.33 bits per heavy atom. The molecule has 0 aliphatic heterocycles. The molecule has 0 aliphatic carbocycles. The fourth-order valence-corrected chi connectivity index (χ4v) is 1.61. The van der Waals surface area contributed by atoms with Crippen LogP contribution in [0.5, 0.6) is 0 Å². The van der Waals surface area contributed by atoms with E-state index in [0.717, 1.165) is 0 Å². The lowest BCUT2D eigenvalue weighted by atomic mass is 10.2. The molecule has 2 rings (SSSR count). The zero-order chi connectivity index (χ0) is 11.0. The van der Waals surface area contributed by atoms with Gasteiger partial charge in [-0.2, -0.15) is 0 Å². The molecule has 0 amide bonds. The highest BCUT2D eigenvalue weighted by atomic mass is 35.5. The van der Waals surface area contributed by atoms with E-state index in [-0.39, 0.29) is 11.1 Å². The maximum atomic E-state index is 13.0. The molecule has 2 aromatic rings. The minimum absolute atomic E-state index is 0.0540. The summed E-state index contributed by atoms with van der Waals surface area (Å²) in [5.41, 5.74) is 6.44. The number of nitrogens with two attached hydrogens (primary N) is 1. The number of aromatic nitrogens is 1. The van der Waals surface area contributed by atoms with Gasteiger partial charge in [-0.15, -0.1) is 0 Å². The molecule has 1 unspecified atom stereocenters. The van der Waals surface area contributed by atoms with E-state index in [1.807, 2.05) is 6.92 Å². The molecule has 80 valence electrons. The largest absolute Gasteiger partial charge is 0.439 e. The molecule has 0 aliphatic rings. The number of hydrogen-bond donors (Lipinski definition) is 1. The Hall–Kier alpha value is -1.13. The van der Waals surface area contributed by atoms with Crippen LogP contribution in [0.15, 0.2) is 16.5 Å². The lowest BCUT2D eigenvalue weighted by Crippen LogP contribution is -2.17. The van der Waals surface area contributed by atoms with Gasteiger partial charge < -0.3 is 10.2 Å². The van der Waals surface area contributed by atoms with Crippen LogP contribution in [0.4, 0.5) is 4.39 Å². The Balaban J connectivity index is 2.50. The molecule has 5 heteroatoms. The van der Waals surface area contributed by atoms with Crippen molar-refractivity contribution in [3.05, 3.63) is 28.9 Å². The van der Waals surface area contributed by atoms with Crippen LogP contribution in [-0.2, 0) is 6.42 Å². The first-order chi connectivity index (χ1) is 7.06. The van der Waals surface area contributed by atoms with Gasteiger partial charge in [-0.25, -0.2) is 9.37 Å². The van der Waals surface area contributed by atoms with E-state index in [1.165, 1.54) is 12.1 Å². The summed E-state index contributed by atoms with van der Waals surface area (Å²) >= 11 is 5.81. The molecular weight excluding hydrogens is 219 g/mol. The molecule has 0 saturated carbocycles. The normalized spacial score (nSPS) is 13.3. The predicted octanol–water partition coefficient (Wildman–Crippen LogP) is 2.51. The van der Waals surface area contributed by atoms with Gasteiger partial charge in [0.25, 0.3) is 0 Å². The highest BCUT2D eigenvalue weighted by Crippen LogP contribution is 2.25. The molecule has 15 heavy (non-hydrogen) atoms. The number of hydrogen-bond acceptors (Lipinski definition) is 3. The summed E-state index contributed by atoms with van der Waals surface area (Å²) in [6.45, 7) is 1.84. The van der Waals surface area contributed by atoms with Gasteiger partial charge in [-0.3, -0.25) is 0 Å². The third-order valence-electron chi connectivity index (χ3n) is 1.95. The topological polar surface area (TPSA) is 52.0 Å². The van der Waals surface area contributed by atoms with Crippen LogP contribution in [0.3, 0.4) is 0 Å². The molecule has 2 N–H and O–H groups in total. The summed E-state index contributed by atoms with van der Waals surface area (Å²) in [6.07, 6.45) is 0.507. The van der Waals surface area contributed by atoms with Gasteiger partial charge in [0.2, 0.25) is 0 Å². The molecular formula is C10H10ClFN2O. The Morgan fingerprint density at radius 3 is 3.00 bits per heavy atom. The first-order valence-electron chi connectivity index (χ1n) is 4.56. The summed E-state index contributed by atoms with van der Waals surface area (Å²) < 4.78 is 18.4. The van der Waals surface area contributed by atoms with E-state index in [2.05, 4.69) is 4.98 Å². The first kappa shape index (κ1) is 10.4.